The number of benzene rings is 1. The van der Waals surface area contributed by atoms with Crippen LogP contribution < -0.4 is 11.1 Å². The summed E-state index contributed by atoms with van der Waals surface area (Å²) in [7, 11) is 0. The first-order valence-electron chi connectivity index (χ1n) is 5.52. The number of aliphatic hydroxyl groups excluding tert-OH is 1. The Morgan fingerprint density at radius 1 is 1.38 bits per heavy atom. The summed E-state index contributed by atoms with van der Waals surface area (Å²) in [5.74, 6) is 2.07. The molecule has 1 aromatic carbocycles. The van der Waals surface area contributed by atoms with Crippen LogP contribution in [-0.4, -0.2) is 29.8 Å². The molecule has 1 aromatic rings. The van der Waals surface area contributed by atoms with Gasteiger partial charge < -0.3 is 16.2 Å². The summed E-state index contributed by atoms with van der Waals surface area (Å²) in [6, 6.07) is 5.90. The van der Waals surface area contributed by atoms with E-state index in [0.29, 0.717) is 0 Å². The van der Waals surface area contributed by atoms with Crippen LogP contribution in [-0.2, 0) is 0 Å². The molecule has 0 fully saturated rings. The monoisotopic (exact) mass is 240 g/mol. The molecule has 0 heterocycles. The van der Waals surface area contributed by atoms with Gasteiger partial charge in [0.25, 0.3) is 0 Å². The molecule has 0 radical (unpaired) electrons. The van der Waals surface area contributed by atoms with Crippen LogP contribution in [0.3, 0.4) is 0 Å². The van der Waals surface area contributed by atoms with Gasteiger partial charge in [0.1, 0.15) is 0 Å². The van der Waals surface area contributed by atoms with Gasteiger partial charge in [0, 0.05) is 30.3 Å². The number of hydrogen-bond donors (Lipinski definition) is 3. The minimum absolute atomic E-state index is 0.286. The van der Waals surface area contributed by atoms with Gasteiger partial charge in [0.15, 0.2) is 0 Å². The first-order valence-corrected chi connectivity index (χ1v) is 6.68. The highest BCUT2D eigenvalue weighted by Gasteiger charge is 1.97. The minimum atomic E-state index is 0.286. The molecule has 0 aliphatic rings. The lowest BCUT2D eigenvalue weighted by molar-refractivity contribution is 0.296. The fourth-order valence-corrected chi connectivity index (χ4v) is 2.14. The summed E-state index contributed by atoms with van der Waals surface area (Å²) < 4.78 is 0. The highest BCUT2D eigenvalue weighted by molar-refractivity contribution is 7.99. The average molecular weight is 240 g/mol. The van der Waals surface area contributed by atoms with Gasteiger partial charge >= 0.3 is 0 Å². The Kier molecular flexibility index (Phi) is 6.11. The average Bonchev–Trinajstić information content (AvgIpc) is 2.28. The lowest BCUT2D eigenvalue weighted by Gasteiger charge is -2.09. The van der Waals surface area contributed by atoms with Crippen molar-refractivity contribution in [3.05, 3.63) is 23.8 Å². The van der Waals surface area contributed by atoms with Crippen LogP contribution in [0.4, 0.5) is 11.4 Å². The molecular formula is C12H20N2OS. The Hall–Kier alpha value is -0.870. The smallest absolute Gasteiger partial charge is 0.0438 e. The van der Waals surface area contributed by atoms with Crippen LogP contribution in [0.5, 0.6) is 0 Å². The molecule has 0 saturated carbocycles. The molecule has 3 nitrogen and oxygen atoms in total. The first kappa shape index (κ1) is 13.2. The second-order valence-electron chi connectivity index (χ2n) is 3.69. The second kappa shape index (κ2) is 7.41. The van der Waals surface area contributed by atoms with E-state index < -0.39 is 0 Å². The maximum Gasteiger partial charge on any atom is 0.0438 e. The largest absolute Gasteiger partial charge is 0.399 e. The van der Waals surface area contributed by atoms with Crippen LogP contribution in [0.2, 0.25) is 0 Å². The third-order valence-electron chi connectivity index (χ3n) is 2.27. The van der Waals surface area contributed by atoms with E-state index >= 15 is 0 Å². The molecule has 90 valence electrons. The van der Waals surface area contributed by atoms with E-state index in [0.717, 1.165) is 35.8 Å². The Morgan fingerprint density at radius 2 is 2.19 bits per heavy atom. The van der Waals surface area contributed by atoms with Crippen molar-refractivity contribution in [1.82, 2.24) is 0 Å². The Labute approximate surface area is 101 Å². The summed E-state index contributed by atoms with van der Waals surface area (Å²) in [6.07, 6.45) is 0.877. The summed E-state index contributed by atoms with van der Waals surface area (Å²) in [5, 5.41) is 12.0. The highest BCUT2D eigenvalue weighted by atomic mass is 32.2. The number of nitrogen functional groups attached to an aromatic ring is 1. The fraction of sp³-hybridized carbons (Fsp3) is 0.500. The number of aliphatic hydroxyl groups is 1. The molecule has 4 heteroatoms. The van der Waals surface area contributed by atoms with Crippen molar-refractivity contribution in [1.29, 1.82) is 0 Å². The van der Waals surface area contributed by atoms with Gasteiger partial charge in [-0.05, 0) is 36.8 Å². The van der Waals surface area contributed by atoms with Gasteiger partial charge in [-0.1, -0.05) is 6.07 Å². The van der Waals surface area contributed by atoms with Gasteiger partial charge in [-0.2, -0.15) is 11.8 Å². The minimum Gasteiger partial charge on any atom is -0.399 e. The van der Waals surface area contributed by atoms with E-state index in [-0.39, 0.29) is 6.61 Å². The summed E-state index contributed by atoms with van der Waals surface area (Å²) >= 11 is 1.85. The number of aryl methyl sites for hydroxylation is 1. The number of rotatable bonds is 7. The van der Waals surface area contributed by atoms with Crippen molar-refractivity contribution in [3.63, 3.8) is 0 Å². The maximum atomic E-state index is 8.62. The van der Waals surface area contributed by atoms with Crippen molar-refractivity contribution >= 4 is 23.1 Å². The molecule has 0 bridgehead atoms. The molecule has 0 spiro atoms. The normalized spacial score (nSPS) is 10.4. The molecule has 4 N–H and O–H groups in total. The van der Waals surface area contributed by atoms with Crippen LogP contribution in [0, 0.1) is 6.92 Å². The van der Waals surface area contributed by atoms with Gasteiger partial charge in [0.2, 0.25) is 0 Å². The maximum absolute atomic E-state index is 8.62. The molecule has 16 heavy (non-hydrogen) atoms. The Morgan fingerprint density at radius 3 is 2.94 bits per heavy atom. The zero-order valence-corrected chi connectivity index (χ0v) is 10.5. The standard InChI is InChI=1S/C12H20N2OS/c1-10-3-4-11(13)9-12(10)14-5-8-16-7-2-6-15/h3-4,9,14-15H,2,5-8,13H2,1H3. The number of anilines is 2. The molecule has 0 amide bonds. The summed E-state index contributed by atoms with van der Waals surface area (Å²) in [6.45, 7) is 3.29. The van der Waals surface area contributed by atoms with Crippen LogP contribution >= 0.6 is 11.8 Å². The zero-order chi connectivity index (χ0) is 11.8. The Balaban J connectivity index is 2.23. The molecule has 0 saturated heterocycles. The Bertz CT molecular complexity index is 318. The quantitative estimate of drug-likeness (QED) is 0.504. The van der Waals surface area contributed by atoms with Gasteiger partial charge in [-0.3, -0.25) is 0 Å². The molecule has 0 aliphatic heterocycles. The van der Waals surface area contributed by atoms with Crippen molar-refractivity contribution in [2.24, 2.45) is 0 Å². The number of thioether (sulfide) groups is 1. The second-order valence-corrected chi connectivity index (χ2v) is 4.92. The van der Waals surface area contributed by atoms with Gasteiger partial charge in [-0.25, -0.2) is 0 Å². The summed E-state index contributed by atoms with van der Waals surface area (Å²) in [5.41, 5.74) is 8.85. The van der Waals surface area contributed by atoms with Gasteiger partial charge in [0.05, 0.1) is 0 Å². The van der Waals surface area contributed by atoms with E-state index in [1.807, 2.05) is 30.0 Å². The number of hydrogen-bond acceptors (Lipinski definition) is 4. The molecule has 0 unspecified atom stereocenters. The lowest BCUT2D eigenvalue weighted by Crippen LogP contribution is -2.06. The highest BCUT2D eigenvalue weighted by Crippen LogP contribution is 2.17. The third-order valence-corrected chi connectivity index (χ3v) is 3.34. The van der Waals surface area contributed by atoms with Crippen LogP contribution in [0.15, 0.2) is 18.2 Å². The van der Waals surface area contributed by atoms with E-state index in [9.17, 15) is 0 Å². The molecule has 0 aromatic heterocycles. The molecule has 0 aliphatic carbocycles. The predicted molar refractivity (Wildman–Crippen MR) is 73.1 cm³/mol. The number of nitrogens with one attached hydrogen (secondary N) is 1. The molecule has 1 rings (SSSR count). The predicted octanol–water partition coefficient (Wildman–Crippen LogP) is 2.10. The van der Waals surface area contributed by atoms with Crippen molar-refractivity contribution < 1.29 is 5.11 Å². The lowest BCUT2D eigenvalue weighted by atomic mass is 10.2. The van der Waals surface area contributed by atoms with Crippen LogP contribution in [0.25, 0.3) is 0 Å². The van der Waals surface area contributed by atoms with Gasteiger partial charge in [-0.15, -0.1) is 0 Å². The molecule has 0 atom stereocenters. The third kappa shape index (κ3) is 4.77. The topological polar surface area (TPSA) is 58.3 Å². The van der Waals surface area contributed by atoms with Crippen LogP contribution in [0.1, 0.15) is 12.0 Å². The van der Waals surface area contributed by atoms with Crippen molar-refractivity contribution in [3.8, 4) is 0 Å². The fourth-order valence-electron chi connectivity index (χ4n) is 1.36. The van der Waals surface area contributed by atoms with E-state index in [1.54, 1.807) is 0 Å². The van der Waals surface area contributed by atoms with Crippen molar-refractivity contribution in [2.45, 2.75) is 13.3 Å². The van der Waals surface area contributed by atoms with E-state index in [2.05, 4.69) is 12.2 Å². The number of nitrogens with two attached hydrogens (primary N) is 1. The van der Waals surface area contributed by atoms with E-state index in [1.165, 1.54) is 5.56 Å². The van der Waals surface area contributed by atoms with Crippen molar-refractivity contribution in [2.75, 3.05) is 35.7 Å². The summed E-state index contributed by atoms with van der Waals surface area (Å²) in [4.78, 5) is 0. The molecular weight excluding hydrogens is 220 g/mol. The SMILES string of the molecule is Cc1ccc(N)cc1NCCSCCCO. The zero-order valence-electron chi connectivity index (χ0n) is 9.70. The van der Waals surface area contributed by atoms with E-state index in [4.69, 9.17) is 10.8 Å². The first-order chi connectivity index (χ1) is 7.74.